The SMILES string of the molecule is CC/C=C\C/C=C\C/C=C\C/C=C\C/C=C\C/C=C\CCCCCCC(=O)OC(COC(=O)C/C=C\C/C=C\C/C=C\C/C=C\C/C=C\CC)COC(=O)CCCCCCCCCCCCCCCCCCCCCCCCCCCC. The van der Waals surface area contributed by atoms with E-state index in [9.17, 15) is 14.4 Å². The molecule has 6 heteroatoms. The van der Waals surface area contributed by atoms with Crippen molar-refractivity contribution in [2.24, 2.45) is 0 Å². The van der Waals surface area contributed by atoms with Gasteiger partial charge in [0, 0.05) is 12.8 Å². The van der Waals surface area contributed by atoms with E-state index in [0.29, 0.717) is 6.42 Å². The van der Waals surface area contributed by atoms with Crippen LogP contribution < -0.4 is 0 Å². The van der Waals surface area contributed by atoms with Crippen LogP contribution in [0.2, 0.25) is 0 Å². The van der Waals surface area contributed by atoms with Gasteiger partial charge < -0.3 is 14.2 Å². The number of carbonyl (C=O) groups is 3. The number of unbranched alkanes of at least 4 members (excludes halogenated alkanes) is 29. The number of carbonyl (C=O) groups excluding carboxylic acids is 3. The maximum atomic E-state index is 12.9. The molecule has 0 N–H and O–H groups in total. The van der Waals surface area contributed by atoms with E-state index in [1.54, 1.807) is 6.08 Å². The highest BCUT2D eigenvalue weighted by Gasteiger charge is 2.19. The van der Waals surface area contributed by atoms with Crippen molar-refractivity contribution in [2.45, 2.75) is 316 Å². The van der Waals surface area contributed by atoms with Crippen LogP contribution in [-0.2, 0) is 28.6 Å². The summed E-state index contributed by atoms with van der Waals surface area (Å²) in [5.74, 6) is -1.07. The molecular weight excluding hydrogens is 1010 g/mol. The van der Waals surface area contributed by atoms with E-state index in [2.05, 4.69) is 142 Å². The summed E-state index contributed by atoms with van der Waals surface area (Å²) >= 11 is 0. The Balaban J connectivity index is 4.42. The predicted molar refractivity (Wildman–Crippen MR) is 357 cm³/mol. The molecular formula is C76H126O6. The second-order valence-electron chi connectivity index (χ2n) is 22.3. The van der Waals surface area contributed by atoms with Crippen LogP contribution in [-0.4, -0.2) is 37.2 Å². The summed E-state index contributed by atoms with van der Waals surface area (Å²) in [5.41, 5.74) is 0. The quantitative estimate of drug-likeness (QED) is 0.0261. The molecule has 0 saturated carbocycles. The fraction of sp³-hybridized carbons (Fsp3) is 0.671. The zero-order valence-corrected chi connectivity index (χ0v) is 53.5. The van der Waals surface area contributed by atoms with Crippen LogP contribution >= 0.6 is 0 Å². The average Bonchev–Trinajstić information content (AvgIpc) is 3.47. The molecule has 0 aliphatic rings. The highest BCUT2D eigenvalue weighted by atomic mass is 16.6. The molecule has 0 fully saturated rings. The van der Waals surface area contributed by atoms with Gasteiger partial charge in [-0.05, 0) is 96.3 Å². The summed E-state index contributed by atoms with van der Waals surface area (Å²) in [6.07, 6.45) is 97.9. The van der Waals surface area contributed by atoms with Crippen molar-refractivity contribution in [3.63, 3.8) is 0 Å². The second kappa shape index (κ2) is 69.0. The molecule has 0 aromatic carbocycles. The van der Waals surface area contributed by atoms with Gasteiger partial charge in [0.2, 0.25) is 0 Å². The van der Waals surface area contributed by atoms with Gasteiger partial charge in [-0.3, -0.25) is 14.4 Å². The lowest BCUT2D eigenvalue weighted by Crippen LogP contribution is -2.30. The van der Waals surface area contributed by atoms with Gasteiger partial charge in [-0.2, -0.15) is 0 Å². The lowest BCUT2D eigenvalue weighted by atomic mass is 10.0. The lowest BCUT2D eigenvalue weighted by Gasteiger charge is -2.18. The van der Waals surface area contributed by atoms with Crippen molar-refractivity contribution in [1.29, 1.82) is 0 Å². The van der Waals surface area contributed by atoms with Gasteiger partial charge in [0.1, 0.15) is 13.2 Å². The number of rotatable bonds is 61. The third-order valence-corrected chi connectivity index (χ3v) is 14.4. The average molecular weight is 1140 g/mol. The van der Waals surface area contributed by atoms with Gasteiger partial charge in [0.15, 0.2) is 6.10 Å². The molecule has 1 atom stereocenters. The molecule has 466 valence electrons. The Morgan fingerprint density at radius 1 is 0.268 bits per heavy atom. The molecule has 0 aromatic heterocycles. The van der Waals surface area contributed by atoms with Crippen molar-refractivity contribution in [3.8, 4) is 0 Å². The van der Waals surface area contributed by atoms with Crippen LogP contribution in [0.5, 0.6) is 0 Å². The summed E-state index contributed by atoms with van der Waals surface area (Å²) in [7, 11) is 0. The number of ether oxygens (including phenoxy) is 3. The molecule has 1 unspecified atom stereocenters. The van der Waals surface area contributed by atoms with Gasteiger partial charge in [0.05, 0.1) is 6.42 Å². The molecule has 0 aromatic rings. The van der Waals surface area contributed by atoms with E-state index in [1.807, 2.05) is 6.08 Å². The summed E-state index contributed by atoms with van der Waals surface area (Å²) in [6.45, 7) is 6.33. The molecule has 0 spiro atoms. The zero-order chi connectivity index (χ0) is 59.2. The third-order valence-electron chi connectivity index (χ3n) is 14.4. The van der Waals surface area contributed by atoms with Crippen molar-refractivity contribution in [3.05, 3.63) is 134 Å². The number of hydrogen-bond acceptors (Lipinski definition) is 6. The Morgan fingerprint density at radius 2 is 0.524 bits per heavy atom. The zero-order valence-electron chi connectivity index (χ0n) is 53.5. The Morgan fingerprint density at radius 3 is 0.854 bits per heavy atom. The summed E-state index contributed by atoms with van der Waals surface area (Å²) in [4.78, 5) is 38.3. The van der Waals surface area contributed by atoms with Crippen LogP contribution in [0.4, 0.5) is 0 Å². The minimum Gasteiger partial charge on any atom is -0.462 e. The highest BCUT2D eigenvalue weighted by molar-refractivity contribution is 5.72. The first-order valence-corrected chi connectivity index (χ1v) is 34.2. The molecule has 0 aliphatic carbocycles. The summed E-state index contributed by atoms with van der Waals surface area (Å²) < 4.78 is 16.8. The number of esters is 3. The third kappa shape index (κ3) is 66.4. The van der Waals surface area contributed by atoms with E-state index in [1.165, 1.54) is 148 Å². The fourth-order valence-corrected chi connectivity index (χ4v) is 9.40. The topological polar surface area (TPSA) is 78.9 Å². The molecule has 0 heterocycles. The van der Waals surface area contributed by atoms with Crippen LogP contribution in [0.1, 0.15) is 310 Å². The number of hydrogen-bond donors (Lipinski definition) is 0. The first kappa shape index (κ1) is 77.5. The minimum absolute atomic E-state index is 0.117. The fourth-order valence-electron chi connectivity index (χ4n) is 9.40. The molecule has 0 radical (unpaired) electrons. The van der Waals surface area contributed by atoms with Crippen molar-refractivity contribution in [1.82, 2.24) is 0 Å². The second-order valence-corrected chi connectivity index (χ2v) is 22.3. The molecule has 0 aliphatic heterocycles. The van der Waals surface area contributed by atoms with Crippen LogP contribution in [0.3, 0.4) is 0 Å². The smallest absolute Gasteiger partial charge is 0.309 e. The van der Waals surface area contributed by atoms with Gasteiger partial charge in [-0.15, -0.1) is 0 Å². The van der Waals surface area contributed by atoms with Crippen LogP contribution in [0.25, 0.3) is 0 Å². The molecule has 0 saturated heterocycles. The van der Waals surface area contributed by atoms with Gasteiger partial charge >= 0.3 is 17.9 Å². The standard InChI is InChI=1S/C76H126O6/c1-4-7-10-13-16-19-22-25-28-30-32-34-36-37-38-40-41-43-45-48-51-54-57-60-63-66-69-75(78)81-72-73(71-80-74(77)68-65-62-59-56-53-50-47-27-24-21-18-15-12-9-6-3)82-76(79)70-67-64-61-58-55-52-49-46-44-42-39-35-33-31-29-26-23-20-17-14-11-8-5-2/h8-9,11-12,17-18,20-21,26-27,29,33,35,42,44,47,49,52-53,56,62,65,73H,4-7,10,13-16,19,22-25,28,30-32,34,36-41,43,45-46,48,50-51,54-55,57-61,63-64,66-72H2,1-3H3/b11-8-,12-9-,20-17-,21-18-,29-26-,35-33-,44-42-,47-27-,52-49-,56-53-,65-62-. The Hall–Kier alpha value is -4.45. The first-order valence-electron chi connectivity index (χ1n) is 34.2. The minimum atomic E-state index is -0.837. The van der Waals surface area contributed by atoms with Crippen LogP contribution in [0, 0.1) is 0 Å². The summed E-state index contributed by atoms with van der Waals surface area (Å²) in [6, 6.07) is 0. The van der Waals surface area contributed by atoms with E-state index in [4.69, 9.17) is 14.2 Å². The monoisotopic (exact) mass is 1130 g/mol. The van der Waals surface area contributed by atoms with E-state index < -0.39 is 12.1 Å². The molecule has 6 nitrogen and oxygen atoms in total. The Bertz CT molecular complexity index is 1730. The van der Waals surface area contributed by atoms with E-state index in [0.717, 1.165) is 122 Å². The van der Waals surface area contributed by atoms with Gasteiger partial charge in [0.25, 0.3) is 0 Å². The normalized spacial score (nSPS) is 13.0. The molecule has 82 heavy (non-hydrogen) atoms. The first-order chi connectivity index (χ1) is 40.5. The van der Waals surface area contributed by atoms with Crippen molar-refractivity contribution >= 4 is 17.9 Å². The number of allylic oxidation sites excluding steroid dienone is 21. The maximum Gasteiger partial charge on any atom is 0.309 e. The Kier molecular flexibility index (Phi) is 65.3. The summed E-state index contributed by atoms with van der Waals surface area (Å²) in [5, 5.41) is 0. The molecule has 0 rings (SSSR count). The highest BCUT2D eigenvalue weighted by Crippen LogP contribution is 2.17. The molecule has 0 bridgehead atoms. The lowest BCUT2D eigenvalue weighted by molar-refractivity contribution is -0.166. The predicted octanol–water partition coefficient (Wildman–Crippen LogP) is 23.7. The van der Waals surface area contributed by atoms with E-state index in [-0.39, 0.29) is 38.0 Å². The van der Waals surface area contributed by atoms with Crippen LogP contribution in [0.15, 0.2) is 134 Å². The van der Waals surface area contributed by atoms with E-state index >= 15 is 0 Å². The van der Waals surface area contributed by atoms with Crippen molar-refractivity contribution < 1.29 is 28.6 Å². The van der Waals surface area contributed by atoms with Gasteiger partial charge in [-0.25, -0.2) is 0 Å². The Labute approximate surface area is 506 Å². The van der Waals surface area contributed by atoms with Crippen molar-refractivity contribution in [2.75, 3.05) is 13.2 Å². The largest absolute Gasteiger partial charge is 0.462 e. The van der Waals surface area contributed by atoms with Gasteiger partial charge in [-0.1, -0.05) is 328 Å². The molecule has 0 amide bonds. The maximum absolute atomic E-state index is 12.9.